The van der Waals surface area contributed by atoms with Crippen LogP contribution in [0.3, 0.4) is 0 Å². The van der Waals surface area contributed by atoms with Crippen LogP contribution in [0.15, 0.2) is 24.3 Å². The number of carbonyl (C=O) groups is 1. The van der Waals surface area contributed by atoms with E-state index >= 15 is 0 Å². The Balaban J connectivity index is 1.41. The fourth-order valence-electron chi connectivity index (χ4n) is 4.40. The van der Waals surface area contributed by atoms with E-state index in [-0.39, 0.29) is 5.97 Å². The van der Waals surface area contributed by atoms with Gasteiger partial charge in [-0.05, 0) is 62.0 Å². The van der Waals surface area contributed by atoms with Crippen LogP contribution in [0.5, 0.6) is 0 Å². The number of halogens is 1. The summed E-state index contributed by atoms with van der Waals surface area (Å²) in [5.41, 5.74) is 3.02. The van der Waals surface area contributed by atoms with Gasteiger partial charge in [0.1, 0.15) is 5.00 Å². The van der Waals surface area contributed by atoms with Crippen LogP contribution in [0.4, 0.5) is 5.00 Å². The zero-order chi connectivity index (χ0) is 22.5. The summed E-state index contributed by atoms with van der Waals surface area (Å²) < 4.78 is 5.39. The summed E-state index contributed by atoms with van der Waals surface area (Å²) in [5.74, 6) is -0.234. The highest BCUT2D eigenvalue weighted by Gasteiger charge is 2.27. The van der Waals surface area contributed by atoms with Crippen LogP contribution in [0.2, 0.25) is 5.02 Å². The highest BCUT2D eigenvalue weighted by molar-refractivity contribution is 7.80. The molecule has 1 N–H and O–H groups in total. The molecule has 1 aliphatic heterocycles. The lowest BCUT2D eigenvalue weighted by molar-refractivity contribution is 0.0527. The maximum absolute atomic E-state index is 12.8. The Morgan fingerprint density at radius 2 is 1.91 bits per heavy atom. The lowest BCUT2D eigenvalue weighted by atomic mass is 10.1. The zero-order valence-corrected chi connectivity index (χ0v) is 20.9. The van der Waals surface area contributed by atoms with Gasteiger partial charge in [0.05, 0.1) is 12.2 Å². The quantitative estimate of drug-likeness (QED) is 0.345. The summed E-state index contributed by atoms with van der Waals surface area (Å²) in [5, 5.41) is 5.75. The van der Waals surface area contributed by atoms with Crippen molar-refractivity contribution >= 4 is 51.2 Å². The van der Waals surface area contributed by atoms with E-state index in [0.717, 1.165) is 67.6 Å². The number of ether oxygens (including phenoxy) is 1. The molecule has 172 valence electrons. The topological polar surface area (TPSA) is 44.8 Å². The van der Waals surface area contributed by atoms with Gasteiger partial charge in [0.15, 0.2) is 5.11 Å². The molecule has 1 aromatic heterocycles. The minimum atomic E-state index is -0.234. The molecular formula is C24H30ClN3O2S2. The van der Waals surface area contributed by atoms with Gasteiger partial charge in [-0.3, -0.25) is 4.90 Å². The molecule has 1 fully saturated rings. The predicted octanol–water partition coefficient (Wildman–Crippen LogP) is 5.36. The number of rotatable bonds is 5. The molecule has 1 aliphatic carbocycles. The van der Waals surface area contributed by atoms with Crippen molar-refractivity contribution in [2.45, 2.75) is 45.6 Å². The molecule has 0 unspecified atom stereocenters. The summed E-state index contributed by atoms with van der Waals surface area (Å²) in [6.07, 6.45) is 5.47. The van der Waals surface area contributed by atoms with Crippen molar-refractivity contribution in [3.63, 3.8) is 0 Å². The minimum Gasteiger partial charge on any atom is -0.462 e. The van der Waals surface area contributed by atoms with Gasteiger partial charge in [-0.15, -0.1) is 11.3 Å². The van der Waals surface area contributed by atoms with Gasteiger partial charge in [-0.1, -0.05) is 36.2 Å². The van der Waals surface area contributed by atoms with Gasteiger partial charge in [0, 0.05) is 42.6 Å². The second-order valence-electron chi connectivity index (χ2n) is 8.27. The maximum Gasteiger partial charge on any atom is 0.341 e. The lowest BCUT2D eigenvalue weighted by Crippen LogP contribution is -2.49. The Labute approximate surface area is 204 Å². The molecule has 1 aromatic carbocycles. The first-order valence-corrected chi connectivity index (χ1v) is 13.0. The molecule has 0 spiro atoms. The third-order valence-electron chi connectivity index (χ3n) is 6.13. The number of nitrogens with one attached hydrogen (secondary N) is 1. The summed E-state index contributed by atoms with van der Waals surface area (Å²) in [6, 6.07) is 8.01. The Morgan fingerprint density at radius 1 is 1.16 bits per heavy atom. The summed E-state index contributed by atoms with van der Waals surface area (Å²) >= 11 is 13.8. The number of thiocarbonyl (C=S) groups is 1. The lowest BCUT2D eigenvalue weighted by Gasteiger charge is -2.36. The molecule has 8 heteroatoms. The number of hydrogen-bond donors (Lipinski definition) is 1. The number of fused-ring (bicyclic) bond motifs is 1. The largest absolute Gasteiger partial charge is 0.462 e. The molecule has 2 aromatic rings. The van der Waals surface area contributed by atoms with Crippen LogP contribution in [0, 0.1) is 0 Å². The number of piperazine rings is 1. The molecule has 0 bridgehead atoms. The first-order chi connectivity index (χ1) is 15.6. The van der Waals surface area contributed by atoms with E-state index in [1.54, 1.807) is 11.3 Å². The average molecular weight is 492 g/mol. The van der Waals surface area contributed by atoms with E-state index in [9.17, 15) is 4.79 Å². The van der Waals surface area contributed by atoms with Crippen molar-refractivity contribution in [2.24, 2.45) is 0 Å². The molecule has 0 amide bonds. The number of carbonyl (C=O) groups excluding carboxylic acids is 1. The van der Waals surface area contributed by atoms with Crippen LogP contribution in [0.25, 0.3) is 0 Å². The van der Waals surface area contributed by atoms with E-state index in [1.165, 1.54) is 23.3 Å². The zero-order valence-electron chi connectivity index (χ0n) is 18.5. The van der Waals surface area contributed by atoms with Gasteiger partial charge in [0.2, 0.25) is 0 Å². The van der Waals surface area contributed by atoms with Gasteiger partial charge in [0.25, 0.3) is 0 Å². The minimum absolute atomic E-state index is 0.234. The molecule has 0 atom stereocenters. The molecule has 2 heterocycles. The number of thiophene rings is 1. The molecule has 1 saturated heterocycles. The average Bonchev–Trinajstić information content (AvgIpc) is 2.96. The molecular weight excluding hydrogens is 462 g/mol. The highest BCUT2D eigenvalue weighted by atomic mass is 35.5. The van der Waals surface area contributed by atoms with E-state index in [4.69, 9.17) is 28.6 Å². The van der Waals surface area contributed by atoms with Crippen molar-refractivity contribution in [2.75, 3.05) is 38.1 Å². The summed E-state index contributed by atoms with van der Waals surface area (Å²) in [6.45, 7) is 6.59. The predicted molar refractivity (Wildman–Crippen MR) is 136 cm³/mol. The summed E-state index contributed by atoms with van der Waals surface area (Å²) in [7, 11) is 0. The van der Waals surface area contributed by atoms with E-state index in [0.29, 0.717) is 17.3 Å². The molecule has 5 nitrogen and oxygen atoms in total. The Hall–Kier alpha value is -1.67. The van der Waals surface area contributed by atoms with Crippen molar-refractivity contribution in [3.05, 3.63) is 50.9 Å². The van der Waals surface area contributed by atoms with Crippen molar-refractivity contribution in [1.29, 1.82) is 0 Å². The standard InChI is InChI=1S/C24H30ClN3O2S2/c1-2-30-23(29)21-18-9-4-3-5-11-20(18)32-22(21)26-24(31)28-14-12-27(13-15-28)16-17-8-6-7-10-19(17)25/h6-8,10H,2-5,9,11-16H2,1H3,(H,26,31). The fraction of sp³-hybridized carbons (Fsp3) is 0.500. The highest BCUT2D eigenvalue weighted by Crippen LogP contribution is 2.38. The van der Waals surface area contributed by atoms with Crippen molar-refractivity contribution in [1.82, 2.24) is 9.80 Å². The molecule has 32 heavy (non-hydrogen) atoms. The van der Waals surface area contributed by atoms with Gasteiger partial charge in [-0.25, -0.2) is 4.79 Å². The third kappa shape index (κ3) is 5.45. The monoisotopic (exact) mass is 491 g/mol. The van der Waals surface area contributed by atoms with Crippen LogP contribution in [0.1, 0.15) is 52.5 Å². The van der Waals surface area contributed by atoms with E-state index in [2.05, 4.69) is 21.2 Å². The van der Waals surface area contributed by atoms with Gasteiger partial charge < -0.3 is 15.0 Å². The fourth-order valence-corrected chi connectivity index (χ4v) is 6.22. The molecule has 0 radical (unpaired) electrons. The summed E-state index contributed by atoms with van der Waals surface area (Å²) in [4.78, 5) is 18.7. The number of aryl methyl sites for hydroxylation is 1. The van der Waals surface area contributed by atoms with E-state index < -0.39 is 0 Å². The SMILES string of the molecule is CCOC(=O)c1c(NC(=S)N2CCN(Cc3ccccc3Cl)CC2)sc2c1CCCCC2. The van der Waals surface area contributed by atoms with Crippen molar-refractivity contribution in [3.8, 4) is 0 Å². The van der Waals surface area contributed by atoms with Crippen LogP contribution >= 0.6 is 35.2 Å². The number of nitrogens with zero attached hydrogens (tertiary/aromatic N) is 2. The van der Waals surface area contributed by atoms with Gasteiger partial charge in [-0.2, -0.15) is 0 Å². The normalized spacial score (nSPS) is 16.9. The van der Waals surface area contributed by atoms with E-state index in [1.807, 2.05) is 25.1 Å². The Morgan fingerprint density at radius 3 is 2.66 bits per heavy atom. The number of benzene rings is 1. The maximum atomic E-state index is 12.8. The molecule has 2 aliphatic rings. The van der Waals surface area contributed by atoms with Gasteiger partial charge >= 0.3 is 5.97 Å². The number of anilines is 1. The first kappa shape index (κ1) is 23.5. The second-order valence-corrected chi connectivity index (χ2v) is 10.2. The third-order valence-corrected chi connectivity index (χ3v) is 8.07. The van der Waals surface area contributed by atoms with Crippen LogP contribution in [-0.4, -0.2) is 53.7 Å². The van der Waals surface area contributed by atoms with Crippen molar-refractivity contribution < 1.29 is 9.53 Å². The Bertz CT molecular complexity index is 970. The number of hydrogen-bond acceptors (Lipinski definition) is 5. The van der Waals surface area contributed by atoms with Crippen LogP contribution in [-0.2, 0) is 24.1 Å². The molecule has 0 saturated carbocycles. The smallest absolute Gasteiger partial charge is 0.341 e. The molecule has 4 rings (SSSR count). The first-order valence-electron chi connectivity index (χ1n) is 11.4. The second kappa shape index (κ2) is 11.0. The van der Waals surface area contributed by atoms with Crippen LogP contribution < -0.4 is 5.32 Å². The Kier molecular flexibility index (Phi) is 8.05. The number of esters is 1.